The summed E-state index contributed by atoms with van der Waals surface area (Å²) in [5, 5.41) is 37.1. The van der Waals surface area contributed by atoms with Gasteiger partial charge in [-0.25, -0.2) is 0 Å². The average molecular weight is 1410 g/mol. The van der Waals surface area contributed by atoms with Gasteiger partial charge in [-0.05, 0) is 141 Å². The Labute approximate surface area is 591 Å². The maximum atomic E-state index is 14.2. The van der Waals surface area contributed by atoms with Gasteiger partial charge in [0.05, 0.1) is 65.1 Å². The fourth-order valence-electron chi connectivity index (χ4n) is 20.0. The lowest BCUT2D eigenvalue weighted by Crippen LogP contribution is -2.54. The van der Waals surface area contributed by atoms with Gasteiger partial charge in [-0.3, -0.25) is 67.1 Å². The highest BCUT2D eigenvalue weighted by Crippen LogP contribution is 2.38. The SMILES string of the molecule is CC(=O)N[C@H]1CCC[C@@H]1C(=O)N[C@H]1CCC[C@@H]1C(=O)N[C@H]1CCC[C@@H]1C(=O)N[C@H]1CCC[C@@H]1C(=O)N[C@H]1CCC[C@@H]1C(=O)N[C@H]1CCC[C@@H]1C(=O)N[C@H]1CCC[C@@H]1C(=O)N[C@H]1CCC[C@@H]1C(=O)N[C@@H](CC(N)=O)CC(=O)N[C@H]1CCC[C@@H]1C(=O)N[C@H]1CCC[C@@H]1C(=O)N[C@H]1CCC[C@@H]1C(N)=O. The fourth-order valence-corrected chi connectivity index (χ4v) is 20.0. The normalized spacial score (nSPS) is 35.9. The summed E-state index contributed by atoms with van der Waals surface area (Å²) in [5.74, 6) is -9.65. The van der Waals surface area contributed by atoms with Crippen LogP contribution in [0.4, 0.5) is 0 Å². The monoisotopic (exact) mass is 1410 g/mol. The van der Waals surface area contributed by atoms with E-state index >= 15 is 0 Å². The molecule has 23 atom stereocenters. The van der Waals surface area contributed by atoms with E-state index in [4.69, 9.17) is 11.5 Å². The van der Waals surface area contributed by atoms with Gasteiger partial charge in [0.25, 0.3) is 0 Å². The Bertz CT molecular complexity index is 3120. The molecule has 0 aromatic carbocycles. The number of hydrogen-bond acceptors (Lipinski definition) is 14. The van der Waals surface area contributed by atoms with Crippen molar-refractivity contribution in [1.82, 2.24) is 63.8 Å². The van der Waals surface area contributed by atoms with E-state index in [9.17, 15) is 67.1 Å². The van der Waals surface area contributed by atoms with Gasteiger partial charge in [0.2, 0.25) is 82.7 Å². The summed E-state index contributed by atoms with van der Waals surface area (Å²) >= 11 is 0. The third-order valence-corrected chi connectivity index (χ3v) is 25.3. The number of nitrogens with two attached hydrogens (primary N) is 2. The predicted octanol–water partition coefficient (Wildman–Crippen LogP) is 1.38. The number of primary amides is 2. The van der Waals surface area contributed by atoms with Crippen molar-refractivity contribution in [3.63, 3.8) is 0 Å². The van der Waals surface area contributed by atoms with Crippen molar-refractivity contribution in [2.45, 2.75) is 304 Å². The first-order chi connectivity index (χ1) is 48.6. The van der Waals surface area contributed by atoms with Gasteiger partial charge in [-0.1, -0.05) is 70.6 Å². The van der Waals surface area contributed by atoms with E-state index in [0.29, 0.717) is 161 Å². The van der Waals surface area contributed by atoms with Crippen LogP contribution in [0.15, 0.2) is 0 Å². The van der Waals surface area contributed by atoms with E-state index in [1.54, 1.807) is 0 Å². The Morgan fingerprint density at radius 3 is 0.644 bits per heavy atom. The molecule has 0 radical (unpaired) electrons. The molecule has 11 aliphatic carbocycles. The van der Waals surface area contributed by atoms with Crippen LogP contribution in [0.2, 0.25) is 0 Å². The molecule has 558 valence electrons. The Balaban J connectivity index is 0.607. The van der Waals surface area contributed by atoms with Crippen LogP contribution in [-0.2, 0) is 67.1 Å². The summed E-state index contributed by atoms with van der Waals surface area (Å²) < 4.78 is 0. The molecule has 11 aliphatic rings. The minimum atomic E-state index is -0.965. The number of amides is 14. The Morgan fingerprint density at radius 1 is 0.248 bits per heavy atom. The highest BCUT2D eigenvalue weighted by Gasteiger charge is 2.48. The average Bonchev–Trinajstić information content (AvgIpc) is 1.60. The van der Waals surface area contributed by atoms with Crippen LogP contribution in [0.25, 0.3) is 0 Å². The molecule has 16 N–H and O–H groups in total. The van der Waals surface area contributed by atoms with E-state index in [1.807, 2.05) is 0 Å². The number of hydrogen-bond donors (Lipinski definition) is 14. The Kier molecular flexibility index (Phi) is 25.3. The van der Waals surface area contributed by atoms with Crippen LogP contribution in [0.5, 0.6) is 0 Å². The van der Waals surface area contributed by atoms with Crippen molar-refractivity contribution in [3.8, 4) is 0 Å². The van der Waals surface area contributed by atoms with Gasteiger partial charge in [-0.2, -0.15) is 0 Å². The van der Waals surface area contributed by atoms with E-state index < -0.39 is 131 Å². The molecule has 0 aliphatic heterocycles. The summed E-state index contributed by atoms with van der Waals surface area (Å²) in [7, 11) is 0. The standard InChI is InChI=1S/C73H112N14O14/c1-37(88)76-51-25-3-14-40(51)65(93)81-55-29-7-18-44(55)69(97)84-57-31-9-20-46(57)71(99)86-59-33-11-22-48(59)73(101)87-60-34-12-23-49(60)72(100)85-58-32-10-21-47(58)70(98)83-56-30-8-19-45(56)68(96)80-53-27-5-16-42(53)64(92)77-38(35-61(74)89)36-62(90)78-52-26-4-15-41(52)66(94)82-54-28-6-17-43(54)67(95)79-50-24-2-13-39(50)63(75)91/h38-60H,2-36H2,1H3,(H2,74,89)(H2,75,91)(H,76,88)(H,77,92)(H,78,90)(H,79,95)(H,80,96)(H,81,93)(H,82,94)(H,83,98)(H,84,97)(H,85,100)(H,86,99)(H,87,101)/t38-,39-,40-,41-,42-,43-,44-,45-,46-,47-,48-,49-,50-,51-,52-,53-,54-,55-,56-,57-,58-,59-,60-/m0/s1. The maximum absolute atomic E-state index is 14.2. The fraction of sp³-hybridized carbons (Fsp3) is 0.808. The van der Waals surface area contributed by atoms with Crippen LogP contribution >= 0.6 is 0 Å². The third-order valence-electron chi connectivity index (χ3n) is 25.3. The number of carbonyl (C=O) groups excluding carboxylic acids is 14. The summed E-state index contributed by atoms with van der Waals surface area (Å²) in [6.45, 7) is 1.45. The molecule has 0 unspecified atom stereocenters. The van der Waals surface area contributed by atoms with Crippen LogP contribution in [-0.4, -0.2) is 155 Å². The molecule has 0 bridgehead atoms. The van der Waals surface area contributed by atoms with Crippen LogP contribution in [0.3, 0.4) is 0 Å². The smallest absolute Gasteiger partial charge is 0.225 e. The second-order valence-electron chi connectivity index (χ2n) is 31.9. The number of nitrogens with one attached hydrogen (secondary N) is 12. The zero-order valence-corrected chi connectivity index (χ0v) is 58.9. The van der Waals surface area contributed by atoms with Crippen molar-refractivity contribution in [3.05, 3.63) is 0 Å². The second-order valence-corrected chi connectivity index (χ2v) is 31.9. The first-order valence-corrected chi connectivity index (χ1v) is 38.7. The van der Waals surface area contributed by atoms with Gasteiger partial charge in [0.15, 0.2) is 0 Å². The summed E-state index contributed by atoms with van der Waals surface area (Å²) in [5.41, 5.74) is 11.2. The van der Waals surface area contributed by atoms with E-state index in [0.717, 1.165) is 51.4 Å². The highest BCUT2D eigenvalue weighted by atomic mass is 16.2. The molecule has 28 heteroatoms. The minimum absolute atomic E-state index is 0.138. The van der Waals surface area contributed by atoms with Crippen molar-refractivity contribution in [2.75, 3.05) is 0 Å². The highest BCUT2D eigenvalue weighted by molar-refractivity contribution is 5.91. The largest absolute Gasteiger partial charge is 0.370 e. The predicted molar refractivity (Wildman–Crippen MR) is 367 cm³/mol. The van der Waals surface area contributed by atoms with Crippen molar-refractivity contribution in [1.29, 1.82) is 0 Å². The van der Waals surface area contributed by atoms with Gasteiger partial charge in [0, 0.05) is 92.3 Å². The van der Waals surface area contributed by atoms with E-state index in [1.165, 1.54) is 6.92 Å². The summed E-state index contributed by atoms with van der Waals surface area (Å²) in [6, 6.07) is -5.47. The quantitative estimate of drug-likeness (QED) is 0.0553. The maximum Gasteiger partial charge on any atom is 0.225 e. The summed E-state index contributed by atoms with van der Waals surface area (Å²) in [4.78, 5) is 189. The zero-order chi connectivity index (χ0) is 71.6. The number of carbonyl (C=O) groups is 14. The Hall–Kier alpha value is -7.42. The second kappa shape index (κ2) is 34.2. The van der Waals surface area contributed by atoms with Crippen molar-refractivity contribution < 1.29 is 67.1 Å². The van der Waals surface area contributed by atoms with E-state index in [-0.39, 0.29) is 102 Å². The molecule has 11 fully saturated rings. The lowest BCUT2D eigenvalue weighted by molar-refractivity contribution is -0.133. The zero-order valence-electron chi connectivity index (χ0n) is 58.9. The molecule has 0 spiro atoms. The van der Waals surface area contributed by atoms with Gasteiger partial charge < -0.3 is 75.3 Å². The first-order valence-electron chi connectivity index (χ1n) is 38.7. The minimum Gasteiger partial charge on any atom is -0.370 e. The molecule has 11 rings (SSSR count). The van der Waals surface area contributed by atoms with Crippen LogP contribution in [0, 0.1) is 65.1 Å². The lowest BCUT2D eigenvalue weighted by Gasteiger charge is -2.29. The molecule has 0 aromatic rings. The molecule has 0 aromatic heterocycles. The van der Waals surface area contributed by atoms with Crippen molar-refractivity contribution in [2.24, 2.45) is 76.6 Å². The van der Waals surface area contributed by atoms with Gasteiger partial charge >= 0.3 is 0 Å². The number of rotatable bonds is 27. The molecular weight excluding hydrogens is 1300 g/mol. The molecule has 101 heavy (non-hydrogen) atoms. The molecule has 0 heterocycles. The third kappa shape index (κ3) is 18.5. The Morgan fingerprint density at radius 2 is 0.436 bits per heavy atom. The summed E-state index contributed by atoms with van der Waals surface area (Å²) in [6.07, 6.45) is 20.5. The topological polar surface area (TPSA) is 435 Å². The molecule has 28 nitrogen and oxygen atoms in total. The first kappa shape index (κ1) is 74.8. The van der Waals surface area contributed by atoms with Gasteiger partial charge in [0.1, 0.15) is 0 Å². The molecular formula is C73H112N14O14. The van der Waals surface area contributed by atoms with Gasteiger partial charge in [-0.15, -0.1) is 0 Å². The molecule has 0 saturated heterocycles. The lowest BCUT2D eigenvalue weighted by atomic mass is 9.95. The van der Waals surface area contributed by atoms with Crippen LogP contribution in [0.1, 0.15) is 232 Å². The molecule has 11 saturated carbocycles. The van der Waals surface area contributed by atoms with Crippen LogP contribution < -0.4 is 75.3 Å². The molecule has 14 amide bonds. The van der Waals surface area contributed by atoms with Crippen molar-refractivity contribution >= 4 is 82.7 Å². The van der Waals surface area contributed by atoms with E-state index in [2.05, 4.69) is 63.8 Å².